The predicted octanol–water partition coefficient (Wildman–Crippen LogP) is 7.92. The minimum Gasteiger partial charge on any atom is -0.310 e. The van der Waals surface area contributed by atoms with E-state index < -0.39 is 0 Å². The van der Waals surface area contributed by atoms with E-state index in [0.717, 1.165) is 39.6 Å². The topological polar surface area (TPSA) is 20.5 Å². The van der Waals surface area contributed by atoms with Crippen molar-refractivity contribution in [2.45, 2.75) is 0 Å². The SMILES string of the molecule is C=CC(=C)N(C(=C)C(=NC)c1ccc2c3ccccc3n(-c3ccccc3)c2c1)c1ccccc1. The summed E-state index contributed by atoms with van der Waals surface area (Å²) < 4.78 is 2.31. The third-order valence-corrected chi connectivity index (χ3v) is 6.27. The lowest BCUT2D eigenvalue weighted by Gasteiger charge is -2.28. The Morgan fingerprint density at radius 3 is 2.09 bits per heavy atom. The zero-order valence-electron chi connectivity index (χ0n) is 19.9. The zero-order valence-corrected chi connectivity index (χ0v) is 19.9. The first-order valence-electron chi connectivity index (χ1n) is 11.6. The van der Waals surface area contributed by atoms with Crippen LogP contribution >= 0.6 is 0 Å². The molecule has 0 spiro atoms. The largest absolute Gasteiger partial charge is 0.310 e. The normalized spacial score (nSPS) is 11.5. The molecule has 1 heterocycles. The molecule has 0 unspecified atom stereocenters. The van der Waals surface area contributed by atoms with Crippen LogP contribution in [0.5, 0.6) is 0 Å². The highest BCUT2D eigenvalue weighted by Crippen LogP contribution is 2.33. The van der Waals surface area contributed by atoms with Gasteiger partial charge in [0.15, 0.2) is 0 Å². The molecule has 0 bridgehead atoms. The van der Waals surface area contributed by atoms with Crippen molar-refractivity contribution in [2.24, 2.45) is 4.99 Å². The summed E-state index contributed by atoms with van der Waals surface area (Å²) in [6.07, 6.45) is 1.74. The number of rotatable bonds is 7. The quantitative estimate of drug-likeness (QED) is 0.181. The molecule has 5 rings (SSSR count). The second-order valence-corrected chi connectivity index (χ2v) is 8.31. The number of fused-ring (bicyclic) bond motifs is 3. The van der Waals surface area contributed by atoms with E-state index in [-0.39, 0.29) is 0 Å². The van der Waals surface area contributed by atoms with Gasteiger partial charge in [0, 0.05) is 40.5 Å². The molecule has 3 nitrogen and oxygen atoms in total. The van der Waals surface area contributed by atoms with E-state index in [2.05, 4.69) is 96.0 Å². The molecule has 0 aliphatic rings. The van der Waals surface area contributed by atoms with Crippen LogP contribution in [0.15, 0.2) is 145 Å². The molecule has 170 valence electrons. The summed E-state index contributed by atoms with van der Waals surface area (Å²) in [6, 6.07) is 35.5. The molecule has 35 heavy (non-hydrogen) atoms. The molecule has 0 saturated carbocycles. The maximum absolute atomic E-state index is 4.68. The van der Waals surface area contributed by atoms with Crippen molar-refractivity contribution in [1.29, 1.82) is 0 Å². The Morgan fingerprint density at radius 1 is 0.771 bits per heavy atom. The number of allylic oxidation sites excluding steroid dienone is 2. The molecule has 0 aliphatic heterocycles. The Morgan fingerprint density at radius 2 is 1.40 bits per heavy atom. The standard InChI is InChI=1S/C32H27N3/c1-5-23(2)34(26-14-8-6-9-15-26)24(3)32(33-4)25-20-21-29-28-18-12-13-19-30(28)35(31(29)22-25)27-16-10-7-11-17-27/h5-22H,1-3H2,4H3. The Bertz CT molecular complexity index is 1590. The molecule has 0 atom stereocenters. The maximum Gasteiger partial charge on any atom is 0.0878 e. The lowest BCUT2D eigenvalue weighted by Crippen LogP contribution is -2.25. The smallest absolute Gasteiger partial charge is 0.0878 e. The lowest BCUT2D eigenvalue weighted by molar-refractivity contribution is 1.17. The zero-order chi connectivity index (χ0) is 24.4. The Kier molecular flexibility index (Phi) is 5.90. The summed E-state index contributed by atoms with van der Waals surface area (Å²) in [6.45, 7) is 12.6. The van der Waals surface area contributed by atoms with Gasteiger partial charge >= 0.3 is 0 Å². The fraction of sp³-hybridized carbons (Fsp3) is 0.0312. The molecule has 0 fully saturated rings. The fourth-order valence-electron chi connectivity index (χ4n) is 4.67. The summed E-state index contributed by atoms with van der Waals surface area (Å²) in [7, 11) is 1.80. The number of nitrogens with zero attached hydrogens (tertiary/aromatic N) is 3. The van der Waals surface area contributed by atoms with Crippen LogP contribution in [-0.2, 0) is 0 Å². The highest BCUT2D eigenvalue weighted by molar-refractivity contribution is 6.18. The number of anilines is 1. The van der Waals surface area contributed by atoms with Crippen molar-refractivity contribution >= 4 is 33.2 Å². The third kappa shape index (κ3) is 3.87. The molecular weight excluding hydrogens is 426 g/mol. The number of benzene rings is 4. The predicted molar refractivity (Wildman–Crippen MR) is 151 cm³/mol. The van der Waals surface area contributed by atoms with Gasteiger partial charge in [0.1, 0.15) is 0 Å². The molecule has 4 aromatic carbocycles. The number of hydrogen-bond donors (Lipinski definition) is 0. The first-order valence-corrected chi connectivity index (χ1v) is 11.6. The number of aromatic nitrogens is 1. The second kappa shape index (κ2) is 9.32. The van der Waals surface area contributed by atoms with Crippen molar-refractivity contribution in [3.05, 3.63) is 146 Å². The molecule has 3 heteroatoms. The number of hydrogen-bond acceptors (Lipinski definition) is 2. The van der Waals surface area contributed by atoms with Crippen molar-refractivity contribution < 1.29 is 0 Å². The monoisotopic (exact) mass is 453 g/mol. The van der Waals surface area contributed by atoms with E-state index >= 15 is 0 Å². The van der Waals surface area contributed by atoms with E-state index in [0.29, 0.717) is 0 Å². The van der Waals surface area contributed by atoms with Crippen LogP contribution in [0.2, 0.25) is 0 Å². The minimum atomic E-state index is 0.738. The summed E-state index contributed by atoms with van der Waals surface area (Å²) in [4.78, 5) is 6.67. The van der Waals surface area contributed by atoms with Crippen LogP contribution in [0.3, 0.4) is 0 Å². The van der Waals surface area contributed by atoms with Crippen LogP contribution < -0.4 is 4.90 Å². The van der Waals surface area contributed by atoms with Crippen LogP contribution in [0, 0.1) is 0 Å². The van der Waals surface area contributed by atoms with Gasteiger partial charge in [-0.3, -0.25) is 4.99 Å². The van der Waals surface area contributed by atoms with Gasteiger partial charge in [-0.2, -0.15) is 0 Å². The molecule has 0 aliphatic carbocycles. The number of para-hydroxylation sites is 3. The van der Waals surface area contributed by atoms with Gasteiger partial charge in [0.2, 0.25) is 0 Å². The lowest BCUT2D eigenvalue weighted by atomic mass is 10.0. The third-order valence-electron chi connectivity index (χ3n) is 6.27. The van der Waals surface area contributed by atoms with Crippen molar-refractivity contribution in [2.75, 3.05) is 11.9 Å². The van der Waals surface area contributed by atoms with Gasteiger partial charge in [-0.1, -0.05) is 86.5 Å². The van der Waals surface area contributed by atoms with E-state index in [4.69, 9.17) is 0 Å². The Hall–Kier alpha value is -4.63. The second-order valence-electron chi connectivity index (χ2n) is 8.31. The average molecular weight is 454 g/mol. The van der Waals surface area contributed by atoms with Crippen molar-refractivity contribution in [3.63, 3.8) is 0 Å². The molecule has 0 radical (unpaired) electrons. The summed E-state index contributed by atoms with van der Waals surface area (Å²) in [5.74, 6) is 0. The molecule has 0 saturated heterocycles. The van der Waals surface area contributed by atoms with Crippen LogP contribution in [-0.4, -0.2) is 17.3 Å². The highest BCUT2D eigenvalue weighted by Gasteiger charge is 2.20. The first kappa shape index (κ1) is 22.2. The molecule has 0 amide bonds. The summed E-state index contributed by atoms with van der Waals surface area (Å²) in [5.41, 5.74) is 7.64. The van der Waals surface area contributed by atoms with Crippen LogP contribution in [0.1, 0.15) is 5.56 Å². The van der Waals surface area contributed by atoms with Crippen LogP contribution in [0.4, 0.5) is 5.69 Å². The van der Waals surface area contributed by atoms with E-state index in [1.165, 1.54) is 16.3 Å². The molecule has 5 aromatic rings. The van der Waals surface area contributed by atoms with E-state index in [1.807, 2.05) is 41.3 Å². The van der Waals surface area contributed by atoms with E-state index in [1.54, 1.807) is 13.1 Å². The van der Waals surface area contributed by atoms with Crippen molar-refractivity contribution in [1.82, 2.24) is 4.57 Å². The Labute approximate surface area is 206 Å². The fourth-order valence-corrected chi connectivity index (χ4v) is 4.67. The summed E-state index contributed by atoms with van der Waals surface area (Å²) >= 11 is 0. The van der Waals surface area contributed by atoms with Gasteiger partial charge < -0.3 is 9.47 Å². The first-order chi connectivity index (χ1) is 17.1. The molecular formula is C32H27N3. The van der Waals surface area contributed by atoms with Gasteiger partial charge in [-0.25, -0.2) is 0 Å². The molecule has 1 aromatic heterocycles. The minimum absolute atomic E-state index is 0.738. The van der Waals surface area contributed by atoms with Gasteiger partial charge in [0.05, 0.1) is 22.4 Å². The van der Waals surface area contributed by atoms with Gasteiger partial charge in [0.25, 0.3) is 0 Å². The highest BCUT2D eigenvalue weighted by atomic mass is 15.2. The summed E-state index contributed by atoms with van der Waals surface area (Å²) in [5, 5.41) is 2.42. The molecule has 0 N–H and O–H groups in total. The Balaban J connectivity index is 1.69. The number of aliphatic imine (C=N–C) groups is 1. The maximum atomic E-state index is 4.68. The van der Waals surface area contributed by atoms with Crippen LogP contribution in [0.25, 0.3) is 27.5 Å². The average Bonchev–Trinajstić information content (AvgIpc) is 3.24. The van der Waals surface area contributed by atoms with E-state index in [9.17, 15) is 0 Å². The van der Waals surface area contributed by atoms with Gasteiger partial charge in [-0.05, 0) is 42.5 Å². The van der Waals surface area contributed by atoms with Gasteiger partial charge in [-0.15, -0.1) is 0 Å². The van der Waals surface area contributed by atoms with Crippen molar-refractivity contribution in [3.8, 4) is 5.69 Å².